The van der Waals surface area contributed by atoms with Crippen molar-refractivity contribution in [2.24, 2.45) is 0 Å². The number of aromatic nitrogens is 3. The van der Waals surface area contributed by atoms with Crippen molar-refractivity contribution in [3.63, 3.8) is 0 Å². The van der Waals surface area contributed by atoms with E-state index < -0.39 is 0 Å². The summed E-state index contributed by atoms with van der Waals surface area (Å²) in [5, 5.41) is 4.02. The van der Waals surface area contributed by atoms with Gasteiger partial charge in [-0.15, -0.1) is 0 Å². The molecule has 2 aromatic carbocycles. The Kier molecular flexibility index (Phi) is 3.99. The fraction of sp³-hybridized carbons (Fsp3) is 0.130. The van der Waals surface area contributed by atoms with Crippen molar-refractivity contribution in [2.45, 2.75) is 20.3 Å². The number of carbonyl (C=O) groups is 1. The van der Waals surface area contributed by atoms with E-state index in [1.165, 1.54) is 12.1 Å². The molecule has 0 saturated heterocycles. The maximum absolute atomic E-state index is 13.4. The number of nitrogens with zero attached hydrogens (tertiary/aromatic N) is 3. The van der Waals surface area contributed by atoms with Crippen LogP contribution in [0.3, 0.4) is 0 Å². The molecule has 0 aliphatic heterocycles. The monoisotopic (exact) mass is 400 g/mol. The van der Waals surface area contributed by atoms with Gasteiger partial charge in [-0.1, -0.05) is 23.4 Å². The highest BCUT2D eigenvalue weighted by Gasteiger charge is 2.34. The topological polar surface area (TPSA) is 94.9 Å². The number of hydrogen-bond donors (Lipinski definition) is 1. The second-order valence-corrected chi connectivity index (χ2v) is 7.31. The molecule has 0 amide bonds. The van der Waals surface area contributed by atoms with Crippen LogP contribution >= 0.6 is 0 Å². The number of hydrogen-bond acceptors (Lipinski definition) is 6. The number of nitrogens with two attached hydrogens (primary N) is 1. The number of nitrogen functional groups attached to an aromatic ring is 1. The number of rotatable bonds is 3. The Balaban J connectivity index is 1.72. The van der Waals surface area contributed by atoms with Crippen LogP contribution in [0, 0.1) is 19.7 Å². The zero-order valence-electron chi connectivity index (χ0n) is 16.4. The molecule has 0 unspecified atom stereocenters. The number of anilines is 1. The zero-order valence-corrected chi connectivity index (χ0v) is 16.4. The Bertz CT molecular complexity index is 1310. The van der Waals surface area contributed by atoms with Crippen molar-refractivity contribution in [3.8, 4) is 22.5 Å². The molecule has 2 heterocycles. The standard InChI is InChI=1S/C23H17FN4O2/c1-11-17(12(2)30-28-11)10-14-4-3-5-16-18(14)21-19(22(16)29)20(26-23(25)27-21)13-6-8-15(24)9-7-13/h3-9H,10H2,1-2H3,(H2,25,26,27). The lowest BCUT2D eigenvalue weighted by Crippen LogP contribution is -2.05. The summed E-state index contributed by atoms with van der Waals surface area (Å²) in [7, 11) is 0. The third-order valence-corrected chi connectivity index (χ3v) is 5.45. The lowest BCUT2D eigenvalue weighted by Gasteiger charge is -2.10. The van der Waals surface area contributed by atoms with E-state index in [1.807, 2.05) is 26.0 Å². The molecule has 0 radical (unpaired) electrons. The van der Waals surface area contributed by atoms with Crippen molar-refractivity contribution >= 4 is 11.7 Å². The molecule has 1 aliphatic carbocycles. The van der Waals surface area contributed by atoms with Crippen LogP contribution in [0.1, 0.15) is 38.5 Å². The molecular weight excluding hydrogens is 383 g/mol. The largest absolute Gasteiger partial charge is 0.368 e. The molecule has 6 nitrogen and oxygen atoms in total. The molecule has 0 atom stereocenters. The Labute approximate surface area is 171 Å². The molecule has 0 saturated carbocycles. The van der Waals surface area contributed by atoms with E-state index in [9.17, 15) is 9.18 Å². The first kappa shape index (κ1) is 18.2. The van der Waals surface area contributed by atoms with Crippen LogP contribution in [0.25, 0.3) is 22.5 Å². The minimum absolute atomic E-state index is 0.0564. The highest BCUT2D eigenvalue weighted by Crippen LogP contribution is 2.42. The maximum atomic E-state index is 13.4. The SMILES string of the molecule is Cc1noc(C)c1Cc1cccc2c1-c1nc(N)nc(-c3ccc(F)cc3)c1C2=O. The summed E-state index contributed by atoms with van der Waals surface area (Å²) in [6.45, 7) is 3.76. The van der Waals surface area contributed by atoms with Crippen LogP contribution in [0.2, 0.25) is 0 Å². The molecule has 5 rings (SSSR count). The van der Waals surface area contributed by atoms with Crippen LogP contribution in [0.15, 0.2) is 47.0 Å². The second-order valence-electron chi connectivity index (χ2n) is 7.31. The molecule has 148 valence electrons. The summed E-state index contributed by atoms with van der Waals surface area (Å²) in [6.07, 6.45) is 0.548. The van der Waals surface area contributed by atoms with E-state index in [4.69, 9.17) is 10.3 Å². The van der Waals surface area contributed by atoms with Crippen molar-refractivity contribution in [3.05, 3.63) is 82.0 Å². The van der Waals surface area contributed by atoms with Gasteiger partial charge in [0.1, 0.15) is 11.6 Å². The molecule has 0 spiro atoms. The molecule has 1 aliphatic rings. The number of halogens is 1. The predicted octanol–water partition coefficient (Wildman–Crippen LogP) is 4.27. The first-order valence-corrected chi connectivity index (χ1v) is 9.46. The Morgan fingerprint density at radius 1 is 1.00 bits per heavy atom. The Morgan fingerprint density at radius 3 is 2.43 bits per heavy atom. The average Bonchev–Trinajstić information content (AvgIpc) is 3.20. The summed E-state index contributed by atoms with van der Waals surface area (Å²) >= 11 is 0. The quantitative estimate of drug-likeness (QED) is 0.486. The fourth-order valence-corrected chi connectivity index (χ4v) is 3.99. The van der Waals surface area contributed by atoms with E-state index in [2.05, 4.69) is 15.1 Å². The molecule has 2 aromatic heterocycles. The van der Waals surface area contributed by atoms with E-state index in [0.717, 1.165) is 28.1 Å². The van der Waals surface area contributed by atoms with Gasteiger partial charge in [0.2, 0.25) is 5.95 Å². The van der Waals surface area contributed by atoms with Gasteiger partial charge in [0, 0.05) is 28.7 Å². The highest BCUT2D eigenvalue weighted by atomic mass is 19.1. The lowest BCUT2D eigenvalue weighted by atomic mass is 9.96. The van der Waals surface area contributed by atoms with Gasteiger partial charge < -0.3 is 10.3 Å². The van der Waals surface area contributed by atoms with Crippen molar-refractivity contribution in [1.29, 1.82) is 0 Å². The molecule has 30 heavy (non-hydrogen) atoms. The highest BCUT2D eigenvalue weighted by molar-refractivity contribution is 6.24. The Morgan fingerprint density at radius 2 is 1.73 bits per heavy atom. The maximum Gasteiger partial charge on any atom is 0.221 e. The van der Waals surface area contributed by atoms with Crippen molar-refractivity contribution < 1.29 is 13.7 Å². The van der Waals surface area contributed by atoms with Crippen LogP contribution in [-0.4, -0.2) is 20.9 Å². The first-order chi connectivity index (χ1) is 14.4. The van der Waals surface area contributed by atoms with Crippen molar-refractivity contribution in [2.75, 3.05) is 5.73 Å². The summed E-state index contributed by atoms with van der Waals surface area (Å²) < 4.78 is 18.7. The van der Waals surface area contributed by atoms with Crippen LogP contribution in [0.5, 0.6) is 0 Å². The van der Waals surface area contributed by atoms with E-state index in [-0.39, 0.29) is 17.5 Å². The normalized spacial score (nSPS) is 12.2. The number of carbonyl (C=O) groups excluding carboxylic acids is 1. The fourth-order valence-electron chi connectivity index (χ4n) is 3.99. The van der Waals surface area contributed by atoms with Gasteiger partial charge in [0.25, 0.3) is 0 Å². The van der Waals surface area contributed by atoms with Gasteiger partial charge in [-0.3, -0.25) is 4.79 Å². The second kappa shape index (κ2) is 6.59. The third-order valence-electron chi connectivity index (χ3n) is 5.45. The predicted molar refractivity (Wildman–Crippen MR) is 109 cm³/mol. The van der Waals surface area contributed by atoms with Gasteiger partial charge in [0.05, 0.1) is 22.6 Å². The molecule has 0 bridgehead atoms. The van der Waals surface area contributed by atoms with Crippen LogP contribution in [0.4, 0.5) is 10.3 Å². The number of ketones is 1. The number of aryl methyl sites for hydroxylation is 2. The molecule has 2 N–H and O–H groups in total. The minimum atomic E-state index is -0.367. The summed E-state index contributed by atoms with van der Waals surface area (Å²) in [5.41, 5.74) is 11.9. The van der Waals surface area contributed by atoms with Gasteiger partial charge in [-0.2, -0.15) is 0 Å². The van der Waals surface area contributed by atoms with E-state index in [1.54, 1.807) is 18.2 Å². The van der Waals surface area contributed by atoms with E-state index in [0.29, 0.717) is 34.5 Å². The third kappa shape index (κ3) is 2.70. The molecule has 7 heteroatoms. The smallest absolute Gasteiger partial charge is 0.221 e. The Hall–Kier alpha value is -3.87. The van der Waals surface area contributed by atoms with Gasteiger partial charge >= 0.3 is 0 Å². The molecule has 0 fully saturated rings. The van der Waals surface area contributed by atoms with Gasteiger partial charge in [0.15, 0.2) is 5.78 Å². The average molecular weight is 400 g/mol. The lowest BCUT2D eigenvalue weighted by molar-refractivity contribution is 0.104. The summed E-state index contributed by atoms with van der Waals surface area (Å²) in [6, 6.07) is 11.4. The van der Waals surface area contributed by atoms with Gasteiger partial charge in [-0.25, -0.2) is 14.4 Å². The molecule has 4 aromatic rings. The van der Waals surface area contributed by atoms with Crippen LogP contribution in [-0.2, 0) is 6.42 Å². The first-order valence-electron chi connectivity index (χ1n) is 9.46. The zero-order chi connectivity index (χ0) is 21.0. The van der Waals surface area contributed by atoms with E-state index >= 15 is 0 Å². The molecular formula is C23H17FN4O2. The summed E-state index contributed by atoms with van der Waals surface area (Å²) in [4.78, 5) is 22.0. The van der Waals surface area contributed by atoms with Crippen molar-refractivity contribution in [1.82, 2.24) is 15.1 Å². The minimum Gasteiger partial charge on any atom is -0.368 e. The summed E-state index contributed by atoms with van der Waals surface area (Å²) in [5.74, 6) is 0.262. The number of benzene rings is 2. The van der Waals surface area contributed by atoms with Gasteiger partial charge in [-0.05, 0) is 43.7 Å². The number of fused-ring (bicyclic) bond motifs is 3. The van der Waals surface area contributed by atoms with Crippen LogP contribution < -0.4 is 5.73 Å².